The van der Waals surface area contributed by atoms with Gasteiger partial charge in [-0.15, -0.1) is 0 Å². The SMILES string of the molecule is Oc1ccc(-c2onc(-c3ccccc3Cl)c2-c2ccc(OCCN3CCC(CF)C3)cc2)cc1. The minimum Gasteiger partial charge on any atom is -0.508 e. The van der Waals surface area contributed by atoms with Crippen molar-refractivity contribution in [2.45, 2.75) is 6.42 Å². The fourth-order valence-corrected chi connectivity index (χ4v) is 4.68. The maximum atomic E-state index is 12.8. The molecule has 0 spiro atoms. The summed E-state index contributed by atoms with van der Waals surface area (Å²) in [4.78, 5) is 2.25. The summed E-state index contributed by atoms with van der Waals surface area (Å²) in [7, 11) is 0. The van der Waals surface area contributed by atoms with Gasteiger partial charge < -0.3 is 14.4 Å². The van der Waals surface area contributed by atoms with Crippen molar-refractivity contribution in [3.63, 3.8) is 0 Å². The average molecular weight is 493 g/mol. The van der Waals surface area contributed by atoms with Gasteiger partial charge in [-0.3, -0.25) is 9.29 Å². The molecule has 0 aliphatic carbocycles. The average Bonchev–Trinajstić information content (AvgIpc) is 3.53. The fourth-order valence-electron chi connectivity index (χ4n) is 4.46. The molecule has 2 heterocycles. The Labute approximate surface area is 208 Å². The second-order valence-electron chi connectivity index (χ2n) is 8.74. The van der Waals surface area contributed by atoms with Crippen LogP contribution in [0.5, 0.6) is 11.5 Å². The number of hydrogen-bond acceptors (Lipinski definition) is 5. The highest BCUT2D eigenvalue weighted by Crippen LogP contribution is 2.42. The fraction of sp³-hybridized carbons (Fsp3) is 0.250. The van der Waals surface area contributed by atoms with E-state index >= 15 is 0 Å². The van der Waals surface area contributed by atoms with E-state index in [0.717, 1.165) is 54.1 Å². The van der Waals surface area contributed by atoms with E-state index in [0.29, 0.717) is 23.1 Å². The number of aromatic nitrogens is 1. The van der Waals surface area contributed by atoms with Crippen molar-refractivity contribution in [2.24, 2.45) is 5.92 Å². The molecule has 1 aliphatic heterocycles. The van der Waals surface area contributed by atoms with Gasteiger partial charge in [0.25, 0.3) is 0 Å². The third-order valence-electron chi connectivity index (χ3n) is 6.36. The van der Waals surface area contributed by atoms with Gasteiger partial charge in [0.15, 0.2) is 5.76 Å². The van der Waals surface area contributed by atoms with Crippen LogP contribution in [0.3, 0.4) is 0 Å². The first-order valence-corrected chi connectivity index (χ1v) is 12.1. The summed E-state index contributed by atoms with van der Waals surface area (Å²) in [5, 5.41) is 14.7. The van der Waals surface area contributed by atoms with Crippen molar-refractivity contribution in [1.82, 2.24) is 10.1 Å². The number of likely N-dealkylation sites (tertiary alicyclic amines) is 1. The van der Waals surface area contributed by atoms with Crippen LogP contribution in [0.25, 0.3) is 33.7 Å². The number of halogens is 2. The molecule has 3 aromatic carbocycles. The van der Waals surface area contributed by atoms with Crippen LogP contribution in [0, 0.1) is 5.92 Å². The minimum absolute atomic E-state index is 0.160. The highest BCUT2D eigenvalue weighted by molar-refractivity contribution is 6.33. The smallest absolute Gasteiger partial charge is 0.175 e. The Morgan fingerprint density at radius 1 is 1.03 bits per heavy atom. The van der Waals surface area contributed by atoms with E-state index < -0.39 is 0 Å². The molecule has 1 N–H and O–H groups in total. The Balaban J connectivity index is 1.40. The van der Waals surface area contributed by atoms with Gasteiger partial charge in [0, 0.05) is 30.1 Å². The van der Waals surface area contributed by atoms with Crippen LogP contribution in [0.15, 0.2) is 77.3 Å². The summed E-state index contributed by atoms with van der Waals surface area (Å²) >= 11 is 6.49. The Morgan fingerprint density at radius 2 is 1.77 bits per heavy atom. The molecular weight excluding hydrogens is 467 g/mol. The number of ether oxygens (including phenoxy) is 1. The zero-order chi connectivity index (χ0) is 24.2. The number of nitrogens with zero attached hydrogens (tertiary/aromatic N) is 2. The number of hydrogen-bond donors (Lipinski definition) is 1. The van der Waals surface area contributed by atoms with Crippen molar-refractivity contribution in [2.75, 3.05) is 32.9 Å². The summed E-state index contributed by atoms with van der Waals surface area (Å²) in [6.45, 7) is 2.82. The number of alkyl halides is 1. The normalized spacial score (nSPS) is 16.0. The second kappa shape index (κ2) is 10.5. The second-order valence-corrected chi connectivity index (χ2v) is 9.15. The van der Waals surface area contributed by atoms with E-state index in [9.17, 15) is 9.50 Å². The number of phenolic OH excluding ortho intramolecular Hbond substituents is 1. The molecule has 7 heteroatoms. The molecule has 1 fully saturated rings. The third-order valence-corrected chi connectivity index (χ3v) is 6.69. The zero-order valence-corrected chi connectivity index (χ0v) is 19.9. The van der Waals surface area contributed by atoms with Crippen LogP contribution < -0.4 is 4.74 Å². The van der Waals surface area contributed by atoms with Crippen LogP contribution in [0.1, 0.15) is 6.42 Å². The first-order chi connectivity index (χ1) is 17.1. The predicted octanol–water partition coefficient (Wildman–Crippen LogP) is 6.70. The lowest BCUT2D eigenvalue weighted by Crippen LogP contribution is -2.26. The third kappa shape index (κ3) is 5.19. The van der Waals surface area contributed by atoms with Gasteiger partial charge in [0.2, 0.25) is 0 Å². The molecule has 0 radical (unpaired) electrons. The Hall–Kier alpha value is -3.35. The molecule has 1 atom stereocenters. The van der Waals surface area contributed by atoms with Gasteiger partial charge in [-0.1, -0.05) is 47.1 Å². The molecule has 5 nitrogen and oxygen atoms in total. The summed E-state index contributed by atoms with van der Waals surface area (Å²) in [6.07, 6.45) is 0.918. The number of benzene rings is 3. The molecule has 0 saturated carbocycles. The first-order valence-electron chi connectivity index (χ1n) is 11.7. The first kappa shape index (κ1) is 23.4. The largest absolute Gasteiger partial charge is 0.508 e. The van der Waals surface area contributed by atoms with E-state index in [2.05, 4.69) is 10.1 Å². The van der Waals surface area contributed by atoms with E-state index in [-0.39, 0.29) is 18.3 Å². The van der Waals surface area contributed by atoms with Crippen LogP contribution in [0.2, 0.25) is 5.02 Å². The van der Waals surface area contributed by atoms with Gasteiger partial charge in [-0.05, 0) is 61.0 Å². The highest BCUT2D eigenvalue weighted by atomic mass is 35.5. The molecule has 1 aliphatic rings. The van der Waals surface area contributed by atoms with E-state index in [4.69, 9.17) is 20.9 Å². The van der Waals surface area contributed by atoms with Crippen LogP contribution in [0.4, 0.5) is 4.39 Å². The molecule has 35 heavy (non-hydrogen) atoms. The molecule has 1 aromatic heterocycles. The number of phenols is 1. The lowest BCUT2D eigenvalue weighted by atomic mass is 9.96. The monoisotopic (exact) mass is 492 g/mol. The van der Waals surface area contributed by atoms with Gasteiger partial charge >= 0.3 is 0 Å². The quantitative estimate of drug-likeness (QED) is 0.296. The summed E-state index contributed by atoms with van der Waals surface area (Å²) in [6, 6.07) is 22.1. The molecule has 1 saturated heterocycles. The van der Waals surface area contributed by atoms with E-state index in [1.807, 2.05) is 48.5 Å². The van der Waals surface area contributed by atoms with Crippen LogP contribution >= 0.6 is 11.6 Å². The van der Waals surface area contributed by atoms with Gasteiger partial charge in [0.1, 0.15) is 23.8 Å². The molecule has 180 valence electrons. The highest BCUT2D eigenvalue weighted by Gasteiger charge is 2.23. The molecule has 4 aromatic rings. The molecular formula is C28H26ClFN2O3. The van der Waals surface area contributed by atoms with Gasteiger partial charge in [-0.2, -0.15) is 0 Å². The van der Waals surface area contributed by atoms with Crippen LogP contribution in [-0.2, 0) is 0 Å². The maximum Gasteiger partial charge on any atom is 0.175 e. The van der Waals surface area contributed by atoms with Crippen molar-refractivity contribution in [3.05, 3.63) is 77.8 Å². The van der Waals surface area contributed by atoms with Gasteiger partial charge in [0.05, 0.1) is 17.3 Å². The molecule has 0 bridgehead atoms. The Bertz CT molecular complexity index is 1270. The lowest BCUT2D eigenvalue weighted by molar-refractivity contribution is 0.228. The summed E-state index contributed by atoms with van der Waals surface area (Å²) in [5.41, 5.74) is 3.92. The number of aromatic hydroxyl groups is 1. The van der Waals surface area contributed by atoms with Crippen molar-refractivity contribution in [1.29, 1.82) is 0 Å². The standard InChI is InChI=1S/C28H26ClFN2O3/c29-25-4-2-1-3-24(25)27-26(28(35-31-27)21-5-9-22(33)10-6-21)20-7-11-23(12-8-20)34-16-15-32-14-13-19(17-30)18-32/h1-12,19,33H,13-18H2. The lowest BCUT2D eigenvalue weighted by Gasteiger charge is -2.16. The van der Waals surface area contributed by atoms with Crippen molar-refractivity contribution < 1.29 is 18.8 Å². The topological polar surface area (TPSA) is 58.7 Å². The van der Waals surface area contributed by atoms with E-state index in [1.54, 1.807) is 24.3 Å². The van der Waals surface area contributed by atoms with Gasteiger partial charge in [-0.25, -0.2) is 0 Å². The summed E-state index contributed by atoms with van der Waals surface area (Å²) in [5.74, 6) is 1.69. The molecule has 1 unspecified atom stereocenters. The summed E-state index contributed by atoms with van der Waals surface area (Å²) < 4.78 is 24.6. The van der Waals surface area contributed by atoms with Crippen molar-refractivity contribution >= 4 is 11.6 Å². The Morgan fingerprint density at radius 3 is 2.49 bits per heavy atom. The van der Waals surface area contributed by atoms with Crippen molar-refractivity contribution in [3.8, 4) is 45.2 Å². The number of rotatable bonds is 8. The Kier molecular flexibility index (Phi) is 7.02. The molecule has 5 rings (SSSR count). The molecule has 0 amide bonds. The zero-order valence-electron chi connectivity index (χ0n) is 19.2. The maximum absolute atomic E-state index is 12.8. The predicted molar refractivity (Wildman–Crippen MR) is 136 cm³/mol. The van der Waals surface area contributed by atoms with Crippen LogP contribution in [-0.4, -0.2) is 48.1 Å². The minimum atomic E-state index is -0.246. The van der Waals surface area contributed by atoms with E-state index in [1.165, 1.54) is 0 Å².